The van der Waals surface area contributed by atoms with Crippen LogP contribution >= 0.6 is 23.2 Å². The molecule has 2 aromatic rings. The van der Waals surface area contributed by atoms with Gasteiger partial charge in [-0.1, -0.05) is 53.0 Å². The van der Waals surface area contributed by atoms with E-state index in [-0.39, 0.29) is 6.04 Å². The van der Waals surface area contributed by atoms with Crippen LogP contribution in [0.2, 0.25) is 10.0 Å². The third kappa shape index (κ3) is 3.18. The van der Waals surface area contributed by atoms with Crippen molar-refractivity contribution in [1.82, 2.24) is 5.32 Å². The fourth-order valence-electron chi connectivity index (χ4n) is 2.79. The van der Waals surface area contributed by atoms with Crippen LogP contribution in [0.15, 0.2) is 42.5 Å². The maximum Gasteiger partial charge on any atom is 0.0668 e. The van der Waals surface area contributed by atoms with Crippen molar-refractivity contribution in [3.63, 3.8) is 0 Å². The Morgan fingerprint density at radius 3 is 2.57 bits per heavy atom. The van der Waals surface area contributed by atoms with Crippen LogP contribution in [-0.4, -0.2) is 19.6 Å². The first-order valence-corrected chi connectivity index (χ1v) is 7.90. The van der Waals surface area contributed by atoms with Crippen molar-refractivity contribution in [3.05, 3.63) is 63.6 Å². The number of halogens is 2. The van der Waals surface area contributed by atoms with Crippen molar-refractivity contribution >= 4 is 28.9 Å². The fraction of sp³-hybridized carbons (Fsp3) is 0.294. The molecule has 21 heavy (non-hydrogen) atoms. The van der Waals surface area contributed by atoms with E-state index in [0.29, 0.717) is 10.0 Å². The normalized spacial score (nSPS) is 18.8. The van der Waals surface area contributed by atoms with Crippen LogP contribution in [0.25, 0.3) is 0 Å². The Morgan fingerprint density at radius 1 is 1.10 bits per heavy atom. The van der Waals surface area contributed by atoms with Crippen molar-refractivity contribution in [1.29, 1.82) is 0 Å². The molecule has 0 aromatic heterocycles. The predicted molar refractivity (Wildman–Crippen MR) is 90.6 cm³/mol. The molecule has 1 atom stereocenters. The second kappa shape index (κ2) is 6.27. The maximum atomic E-state index is 6.39. The molecule has 2 aromatic carbocycles. The summed E-state index contributed by atoms with van der Waals surface area (Å²) in [6.45, 7) is 4.92. The van der Waals surface area contributed by atoms with Gasteiger partial charge in [-0.25, -0.2) is 0 Å². The van der Waals surface area contributed by atoms with Crippen molar-refractivity contribution in [2.45, 2.75) is 13.0 Å². The van der Waals surface area contributed by atoms with E-state index < -0.39 is 0 Å². The lowest BCUT2D eigenvalue weighted by Crippen LogP contribution is -2.46. The number of rotatable bonds is 2. The number of nitrogens with one attached hydrogen (secondary N) is 1. The fourth-order valence-corrected chi connectivity index (χ4v) is 3.31. The van der Waals surface area contributed by atoms with E-state index in [2.05, 4.69) is 41.4 Å². The molecule has 0 bridgehead atoms. The molecule has 110 valence electrons. The van der Waals surface area contributed by atoms with Crippen LogP contribution in [0.4, 0.5) is 5.69 Å². The van der Waals surface area contributed by atoms with E-state index in [0.717, 1.165) is 25.3 Å². The van der Waals surface area contributed by atoms with Gasteiger partial charge < -0.3 is 10.2 Å². The van der Waals surface area contributed by atoms with Crippen molar-refractivity contribution < 1.29 is 0 Å². The summed E-state index contributed by atoms with van der Waals surface area (Å²) in [5, 5.41) is 4.85. The molecule has 0 unspecified atom stereocenters. The Morgan fingerprint density at radius 2 is 1.86 bits per heavy atom. The maximum absolute atomic E-state index is 6.39. The van der Waals surface area contributed by atoms with Crippen LogP contribution in [0.5, 0.6) is 0 Å². The standard InChI is InChI=1S/C17H18Cl2N2/c1-12-2-4-13(5-3-12)17-11-20-8-9-21(17)16-7-6-14(18)10-15(16)19/h2-7,10,17,20H,8-9,11H2,1H3/t17-/m0/s1. The zero-order chi connectivity index (χ0) is 14.8. The lowest BCUT2D eigenvalue weighted by Gasteiger charge is -2.39. The van der Waals surface area contributed by atoms with Gasteiger partial charge in [-0.15, -0.1) is 0 Å². The summed E-state index contributed by atoms with van der Waals surface area (Å²) in [5.41, 5.74) is 3.63. The Balaban J connectivity index is 1.96. The van der Waals surface area contributed by atoms with Gasteiger partial charge >= 0.3 is 0 Å². The summed E-state index contributed by atoms with van der Waals surface area (Å²) in [7, 11) is 0. The molecule has 1 heterocycles. The molecule has 4 heteroatoms. The topological polar surface area (TPSA) is 15.3 Å². The monoisotopic (exact) mass is 320 g/mol. The van der Waals surface area contributed by atoms with E-state index >= 15 is 0 Å². The first-order chi connectivity index (χ1) is 10.1. The SMILES string of the molecule is Cc1ccc([C@@H]2CNCCN2c2ccc(Cl)cc2Cl)cc1. The highest BCUT2D eigenvalue weighted by molar-refractivity contribution is 6.36. The Kier molecular flexibility index (Phi) is 4.39. The highest BCUT2D eigenvalue weighted by atomic mass is 35.5. The zero-order valence-corrected chi connectivity index (χ0v) is 13.5. The summed E-state index contributed by atoms with van der Waals surface area (Å²) in [5.74, 6) is 0. The smallest absolute Gasteiger partial charge is 0.0668 e. The molecule has 0 amide bonds. The van der Waals surface area contributed by atoms with Gasteiger partial charge in [-0.2, -0.15) is 0 Å². The Hall–Kier alpha value is -1.22. The van der Waals surface area contributed by atoms with Crippen LogP contribution in [-0.2, 0) is 0 Å². The van der Waals surface area contributed by atoms with Crippen LogP contribution in [0.1, 0.15) is 17.2 Å². The summed E-state index contributed by atoms with van der Waals surface area (Å²) >= 11 is 12.4. The minimum Gasteiger partial charge on any atom is -0.361 e. The molecule has 1 fully saturated rings. The van der Waals surface area contributed by atoms with E-state index in [1.165, 1.54) is 11.1 Å². The van der Waals surface area contributed by atoms with Gasteiger partial charge in [0.25, 0.3) is 0 Å². The molecule has 0 spiro atoms. The van der Waals surface area contributed by atoms with E-state index in [4.69, 9.17) is 23.2 Å². The average molecular weight is 321 g/mol. The summed E-state index contributed by atoms with van der Waals surface area (Å²) < 4.78 is 0. The minimum atomic E-state index is 0.290. The number of piperazine rings is 1. The number of hydrogen-bond donors (Lipinski definition) is 1. The second-order valence-electron chi connectivity index (χ2n) is 5.42. The summed E-state index contributed by atoms with van der Waals surface area (Å²) in [6.07, 6.45) is 0. The van der Waals surface area contributed by atoms with Gasteiger partial charge in [0.05, 0.1) is 16.8 Å². The Bertz CT molecular complexity index is 625. The van der Waals surface area contributed by atoms with Gasteiger partial charge in [-0.05, 0) is 30.7 Å². The first-order valence-electron chi connectivity index (χ1n) is 7.14. The third-order valence-corrected chi connectivity index (χ3v) is 4.46. The quantitative estimate of drug-likeness (QED) is 0.879. The molecule has 1 aliphatic rings. The highest BCUT2D eigenvalue weighted by Crippen LogP contribution is 2.35. The number of hydrogen-bond acceptors (Lipinski definition) is 2. The van der Waals surface area contributed by atoms with E-state index in [9.17, 15) is 0 Å². The highest BCUT2D eigenvalue weighted by Gasteiger charge is 2.25. The third-order valence-electron chi connectivity index (χ3n) is 3.92. The molecule has 1 saturated heterocycles. The number of nitrogens with zero attached hydrogens (tertiary/aromatic N) is 1. The molecule has 0 aliphatic carbocycles. The molecular weight excluding hydrogens is 303 g/mol. The van der Waals surface area contributed by atoms with Crippen molar-refractivity contribution in [3.8, 4) is 0 Å². The molecule has 2 nitrogen and oxygen atoms in total. The van der Waals surface area contributed by atoms with Crippen LogP contribution < -0.4 is 10.2 Å². The van der Waals surface area contributed by atoms with Crippen LogP contribution in [0.3, 0.4) is 0 Å². The first kappa shape index (κ1) is 14.7. The van der Waals surface area contributed by atoms with Crippen molar-refractivity contribution in [2.24, 2.45) is 0 Å². The van der Waals surface area contributed by atoms with Gasteiger partial charge in [0, 0.05) is 24.7 Å². The zero-order valence-electron chi connectivity index (χ0n) is 11.9. The summed E-state index contributed by atoms with van der Waals surface area (Å²) in [4.78, 5) is 2.36. The van der Waals surface area contributed by atoms with Gasteiger partial charge in [0.15, 0.2) is 0 Å². The predicted octanol–water partition coefficient (Wildman–Crippen LogP) is 4.45. The minimum absolute atomic E-state index is 0.290. The average Bonchev–Trinajstić information content (AvgIpc) is 2.48. The van der Waals surface area contributed by atoms with E-state index in [1.54, 1.807) is 0 Å². The van der Waals surface area contributed by atoms with Gasteiger partial charge in [-0.3, -0.25) is 0 Å². The summed E-state index contributed by atoms with van der Waals surface area (Å²) in [6, 6.07) is 14.7. The number of aryl methyl sites for hydroxylation is 1. The molecule has 0 radical (unpaired) electrons. The van der Waals surface area contributed by atoms with Gasteiger partial charge in [0.2, 0.25) is 0 Å². The van der Waals surface area contributed by atoms with Crippen molar-refractivity contribution in [2.75, 3.05) is 24.5 Å². The second-order valence-corrected chi connectivity index (χ2v) is 6.26. The lowest BCUT2D eigenvalue weighted by atomic mass is 10.0. The molecule has 3 rings (SSSR count). The molecule has 0 saturated carbocycles. The number of anilines is 1. The largest absolute Gasteiger partial charge is 0.361 e. The molecule has 1 aliphatic heterocycles. The lowest BCUT2D eigenvalue weighted by molar-refractivity contribution is 0.490. The van der Waals surface area contributed by atoms with Gasteiger partial charge in [0.1, 0.15) is 0 Å². The van der Waals surface area contributed by atoms with E-state index in [1.807, 2.05) is 18.2 Å². The molecule has 1 N–H and O–H groups in total. The Labute approximate surface area is 135 Å². The van der Waals surface area contributed by atoms with Crippen LogP contribution in [0, 0.1) is 6.92 Å². The number of benzene rings is 2. The molecular formula is C17H18Cl2N2.